The molecule has 0 aromatic rings. The van der Waals surface area contributed by atoms with Crippen molar-refractivity contribution in [2.24, 2.45) is 0 Å². The van der Waals surface area contributed by atoms with Gasteiger partial charge in [0.25, 0.3) is 0 Å². The van der Waals surface area contributed by atoms with E-state index in [1.807, 2.05) is 21.6 Å². The van der Waals surface area contributed by atoms with Crippen LogP contribution in [-0.2, 0) is 0 Å². The van der Waals surface area contributed by atoms with Gasteiger partial charge in [0.05, 0.1) is 0 Å². The smallest absolute Gasteiger partial charge is 0.0162 e. The zero-order valence-electron chi connectivity index (χ0n) is 12.7. The first-order chi connectivity index (χ1) is 10.0. The molecular weight excluding hydrogens is 288 g/mol. The van der Waals surface area contributed by atoms with E-state index in [0.29, 0.717) is 0 Å². The minimum Gasteiger partial charge on any atom is -0.317 e. The Hall–Kier alpha value is 0.540. The molecule has 0 bridgehead atoms. The van der Waals surface area contributed by atoms with Crippen LogP contribution >= 0.6 is 21.6 Å². The standard InChI is InChI=1S/C14H32N4S2/c1-2-6-16-8-4-10-18-12-14-20-19-13-11-17-9-3-7-15-5-1/h15-18H,1-14H2. The molecule has 0 saturated carbocycles. The summed E-state index contributed by atoms with van der Waals surface area (Å²) in [6.45, 7) is 9.17. The zero-order chi connectivity index (χ0) is 14.1. The van der Waals surface area contributed by atoms with Crippen LogP contribution in [0.15, 0.2) is 0 Å². The summed E-state index contributed by atoms with van der Waals surface area (Å²) in [6.07, 6.45) is 5.04. The summed E-state index contributed by atoms with van der Waals surface area (Å²) in [5.41, 5.74) is 0. The van der Waals surface area contributed by atoms with Crippen molar-refractivity contribution in [2.75, 3.05) is 63.9 Å². The lowest BCUT2D eigenvalue weighted by Crippen LogP contribution is -2.26. The van der Waals surface area contributed by atoms with E-state index in [-0.39, 0.29) is 0 Å². The van der Waals surface area contributed by atoms with Crippen molar-refractivity contribution in [1.82, 2.24) is 21.3 Å². The molecule has 0 unspecified atom stereocenters. The molecule has 1 heterocycles. The molecule has 0 spiro atoms. The molecule has 0 aromatic heterocycles. The first kappa shape index (κ1) is 18.6. The monoisotopic (exact) mass is 320 g/mol. The Bertz CT molecular complexity index is 110. The van der Waals surface area contributed by atoms with Crippen molar-refractivity contribution in [3.05, 3.63) is 0 Å². The Balaban J connectivity index is 2.00. The fraction of sp³-hybridized carbons (Fsp3) is 1.00. The second-order valence-electron chi connectivity index (χ2n) is 5.06. The molecule has 1 rings (SSSR count). The molecule has 1 aliphatic rings. The minimum absolute atomic E-state index is 1.14. The molecule has 0 radical (unpaired) electrons. The van der Waals surface area contributed by atoms with Gasteiger partial charge in [-0.05, 0) is 65.0 Å². The molecule has 6 heteroatoms. The second-order valence-corrected chi connectivity index (χ2v) is 7.76. The SMILES string of the molecule is C1CCNCCCNCCSSCCNCCCNC1. The van der Waals surface area contributed by atoms with E-state index in [1.165, 1.54) is 37.2 Å². The maximum atomic E-state index is 3.52. The van der Waals surface area contributed by atoms with Crippen molar-refractivity contribution in [3.63, 3.8) is 0 Å². The largest absolute Gasteiger partial charge is 0.317 e. The third kappa shape index (κ3) is 13.5. The van der Waals surface area contributed by atoms with Gasteiger partial charge in [0.1, 0.15) is 0 Å². The van der Waals surface area contributed by atoms with Gasteiger partial charge in [-0.3, -0.25) is 0 Å². The first-order valence-corrected chi connectivity index (χ1v) is 10.6. The van der Waals surface area contributed by atoms with Crippen LogP contribution in [0.25, 0.3) is 0 Å². The molecule has 4 nitrogen and oxygen atoms in total. The molecule has 0 aliphatic carbocycles. The van der Waals surface area contributed by atoms with Crippen LogP contribution in [-0.4, -0.2) is 63.9 Å². The third-order valence-electron chi connectivity index (χ3n) is 3.18. The van der Waals surface area contributed by atoms with Gasteiger partial charge in [-0.2, -0.15) is 0 Å². The predicted molar refractivity (Wildman–Crippen MR) is 94.9 cm³/mol. The summed E-state index contributed by atoms with van der Waals surface area (Å²) < 4.78 is 0. The lowest BCUT2D eigenvalue weighted by atomic mass is 10.3. The summed E-state index contributed by atoms with van der Waals surface area (Å²) in [5, 5.41) is 14.1. The van der Waals surface area contributed by atoms with Crippen LogP contribution in [0.4, 0.5) is 0 Å². The topological polar surface area (TPSA) is 48.1 Å². The lowest BCUT2D eigenvalue weighted by molar-refractivity contribution is 0.552. The van der Waals surface area contributed by atoms with Gasteiger partial charge in [0.15, 0.2) is 0 Å². The number of rotatable bonds is 0. The van der Waals surface area contributed by atoms with Crippen molar-refractivity contribution < 1.29 is 0 Å². The summed E-state index contributed by atoms with van der Waals surface area (Å²) in [7, 11) is 3.98. The Morgan fingerprint density at radius 1 is 0.400 bits per heavy atom. The van der Waals surface area contributed by atoms with E-state index in [0.717, 1.165) is 52.4 Å². The lowest BCUT2D eigenvalue weighted by Gasteiger charge is -2.09. The van der Waals surface area contributed by atoms with Gasteiger partial charge >= 0.3 is 0 Å². The highest BCUT2D eigenvalue weighted by Crippen LogP contribution is 2.19. The van der Waals surface area contributed by atoms with Crippen LogP contribution in [0.5, 0.6) is 0 Å². The Morgan fingerprint density at radius 2 is 0.750 bits per heavy atom. The van der Waals surface area contributed by atoms with E-state index in [4.69, 9.17) is 0 Å². The van der Waals surface area contributed by atoms with Gasteiger partial charge in [-0.25, -0.2) is 0 Å². The molecule has 4 N–H and O–H groups in total. The van der Waals surface area contributed by atoms with Crippen LogP contribution in [0.2, 0.25) is 0 Å². The zero-order valence-corrected chi connectivity index (χ0v) is 14.3. The van der Waals surface area contributed by atoms with Gasteiger partial charge in [-0.15, -0.1) is 0 Å². The van der Waals surface area contributed by atoms with E-state index < -0.39 is 0 Å². The van der Waals surface area contributed by atoms with E-state index >= 15 is 0 Å². The summed E-state index contributed by atoms with van der Waals surface area (Å²) in [4.78, 5) is 0. The highest BCUT2D eigenvalue weighted by molar-refractivity contribution is 8.76. The van der Waals surface area contributed by atoms with E-state index in [2.05, 4.69) is 21.3 Å². The first-order valence-electron chi connectivity index (χ1n) is 8.07. The summed E-state index contributed by atoms with van der Waals surface area (Å²) >= 11 is 0. The summed E-state index contributed by atoms with van der Waals surface area (Å²) in [6, 6.07) is 0. The van der Waals surface area contributed by atoms with Crippen molar-refractivity contribution in [3.8, 4) is 0 Å². The molecule has 1 saturated heterocycles. The quantitative estimate of drug-likeness (QED) is 0.505. The third-order valence-corrected chi connectivity index (χ3v) is 5.59. The van der Waals surface area contributed by atoms with Crippen LogP contribution in [0.3, 0.4) is 0 Å². The van der Waals surface area contributed by atoms with Gasteiger partial charge in [-0.1, -0.05) is 21.6 Å². The minimum atomic E-state index is 1.14. The molecule has 20 heavy (non-hydrogen) atoms. The fourth-order valence-corrected chi connectivity index (χ4v) is 3.92. The van der Waals surface area contributed by atoms with Gasteiger partial charge in [0.2, 0.25) is 0 Å². The van der Waals surface area contributed by atoms with Crippen molar-refractivity contribution >= 4 is 21.6 Å². The molecule has 0 atom stereocenters. The average Bonchev–Trinajstić information content (AvgIpc) is 2.46. The Kier molecular flexibility index (Phi) is 14.8. The Labute approximate surface area is 132 Å². The fourth-order valence-electron chi connectivity index (χ4n) is 2.02. The summed E-state index contributed by atoms with van der Waals surface area (Å²) in [5.74, 6) is 2.42. The maximum absolute atomic E-state index is 3.52. The molecule has 0 amide bonds. The highest BCUT2D eigenvalue weighted by Gasteiger charge is 1.95. The van der Waals surface area contributed by atoms with Gasteiger partial charge < -0.3 is 21.3 Å². The maximum Gasteiger partial charge on any atom is 0.0162 e. The average molecular weight is 321 g/mol. The van der Waals surface area contributed by atoms with Crippen LogP contribution in [0.1, 0.15) is 25.7 Å². The normalized spacial score (nSPS) is 24.0. The molecule has 0 aromatic carbocycles. The number of hydrogen-bond donors (Lipinski definition) is 4. The van der Waals surface area contributed by atoms with Crippen LogP contribution < -0.4 is 21.3 Å². The van der Waals surface area contributed by atoms with E-state index in [1.54, 1.807) is 0 Å². The van der Waals surface area contributed by atoms with E-state index in [9.17, 15) is 0 Å². The molecular formula is C14H32N4S2. The second kappa shape index (κ2) is 15.9. The molecule has 120 valence electrons. The molecule has 1 fully saturated rings. The predicted octanol–water partition coefficient (Wildman–Crippen LogP) is 1.30. The Morgan fingerprint density at radius 3 is 1.20 bits per heavy atom. The highest BCUT2D eigenvalue weighted by atomic mass is 33.1. The van der Waals surface area contributed by atoms with Crippen molar-refractivity contribution in [2.45, 2.75) is 25.7 Å². The van der Waals surface area contributed by atoms with Gasteiger partial charge in [0, 0.05) is 24.6 Å². The van der Waals surface area contributed by atoms with Crippen molar-refractivity contribution in [1.29, 1.82) is 0 Å². The number of hydrogen-bond acceptors (Lipinski definition) is 6. The van der Waals surface area contributed by atoms with Crippen LogP contribution in [0, 0.1) is 0 Å². The molecule has 1 aliphatic heterocycles. The number of nitrogens with one attached hydrogen (secondary N) is 4.